The van der Waals surface area contributed by atoms with Gasteiger partial charge in [0.15, 0.2) is 6.10 Å². The van der Waals surface area contributed by atoms with Crippen LogP contribution in [0.1, 0.15) is 52.4 Å². The van der Waals surface area contributed by atoms with Crippen molar-refractivity contribution in [2.24, 2.45) is 10.9 Å². The lowest BCUT2D eigenvalue weighted by atomic mass is 10.1. The number of amides is 1. The number of ether oxygens (including phenoxy) is 1. The lowest BCUT2D eigenvalue weighted by Crippen LogP contribution is -2.36. The summed E-state index contributed by atoms with van der Waals surface area (Å²) in [5.41, 5.74) is 0. The third-order valence-corrected chi connectivity index (χ3v) is 3.48. The molecule has 2 aliphatic rings. The highest BCUT2D eigenvalue weighted by atomic mass is 16.5. The van der Waals surface area contributed by atoms with E-state index in [1.807, 2.05) is 13.8 Å². The zero-order valence-electron chi connectivity index (χ0n) is 10.7. The molecule has 1 fully saturated rings. The van der Waals surface area contributed by atoms with Crippen molar-refractivity contribution in [3.63, 3.8) is 0 Å². The van der Waals surface area contributed by atoms with Gasteiger partial charge in [-0.25, -0.2) is 0 Å². The van der Waals surface area contributed by atoms with Gasteiger partial charge >= 0.3 is 0 Å². The van der Waals surface area contributed by atoms with E-state index in [0.717, 1.165) is 12.8 Å². The maximum atomic E-state index is 11.6. The molecule has 1 atom stereocenters. The van der Waals surface area contributed by atoms with Crippen LogP contribution in [0.2, 0.25) is 0 Å². The summed E-state index contributed by atoms with van der Waals surface area (Å²) in [6.45, 7) is 3.96. The van der Waals surface area contributed by atoms with E-state index < -0.39 is 0 Å². The Morgan fingerprint density at radius 2 is 1.88 bits per heavy atom. The number of rotatable bonds is 2. The second-order valence-electron chi connectivity index (χ2n) is 5.37. The maximum Gasteiger partial charge on any atom is 0.293 e. The topological polar surface area (TPSA) is 50.7 Å². The van der Waals surface area contributed by atoms with Crippen LogP contribution < -0.4 is 5.32 Å². The van der Waals surface area contributed by atoms with Gasteiger partial charge in [-0.15, -0.1) is 0 Å². The molecule has 1 N–H and O–H groups in total. The summed E-state index contributed by atoms with van der Waals surface area (Å²) >= 11 is 0. The molecule has 1 amide bonds. The maximum absolute atomic E-state index is 11.6. The molecule has 1 aliphatic carbocycles. The van der Waals surface area contributed by atoms with Gasteiger partial charge in [-0.1, -0.05) is 39.5 Å². The monoisotopic (exact) mass is 238 g/mol. The summed E-state index contributed by atoms with van der Waals surface area (Å²) in [7, 11) is 0. The summed E-state index contributed by atoms with van der Waals surface area (Å²) in [6.07, 6.45) is 7.08. The van der Waals surface area contributed by atoms with Gasteiger partial charge in [0.25, 0.3) is 11.9 Å². The van der Waals surface area contributed by atoms with E-state index in [-0.39, 0.29) is 17.9 Å². The fourth-order valence-electron chi connectivity index (χ4n) is 2.45. The molecule has 0 radical (unpaired) electrons. The Hall–Kier alpha value is -1.06. The number of amidine groups is 1. The first-order valence-electron chi connectivity index (χ1n) is 6.72. The van der Waals surface area contributed by atoms with Gasteiger partial charge in [-0.3, -0.25) is 4.79 Å². The third kappa shape index (κ3) is 3.20. The van der Waals surface area contributed by atoms with E-state index in [4.69, 9.17) is 4.74 Å². The fourth-order valence-corrected chi connectivity index (χ4v) is 2.45. The summed E-state index contributed by atoms with van der Waals surface area (Å²) in [4.78, 5) is 15.5. The zero-order chi connectivity index (χ0) is 12.3. The minimum Gasteiger partial charge on any atom is -0.451 e. The zero-order valence-corrected chi connectivity index (χ0v) is 10.7. The van der Waals surface area contributed by atoms with Crippen LogP contribution in [0.25, 0.3) is 0 Å². The Balaban J connectivity index is 1.87. The number of hydrogen-bond donors (Lipinski definition) is 1. The number of aliphatic imine (C=N–C) groups is 1. The van der Waals surface area contributed by atoms with Crippen molar-refractivity contribution in [3.05, 3.63) is 0 Å². The standard InChI is InChI=1S/C13H22N2O2/c1-9(2)11-12(16)15-13(17-11)14-10-7-5-3-4-6-8-10/h9-11H,3-8H2,1-2H3,(H,14,15,16). The first kappa shape index (κ1) is 12.4. The number of hydrogen-bond acceptors (Lipinski definition) is 3. The second-order valence-corrected chi connectivity index (χ2v) is 5.37. The number of carbonyl (C=O) groups is 1. The minimum atomic E-state index is -0.386. The first-order valence-corrected chi connectivity index (χ1v) is 6.72. The fraction of sp³-hybridized carbons (Fsp3) is 0.846. The average molecular weight is 238 g/mol. The van der Waals surface area contributed by atoms with Gasteiger partial charge in [0, 0.05) is 6.04 Å². The van der Waals surface area contributed by atoms with E-state index in [1.54, 1.807) is 0 Å². The molecule has 1 heterocycles. The highest BCUT2D eigenvalue weighted by Crippen LogP contribution is 2.19. The predicted octanol–water partition coefficient (Wildman–Crippen LogP) is 2.24. The largest absolute Gasteiger partial charge is 0.451 e. The molecule has 1 saturated carbocycles. The highest BCUT2D eigenvalue weighted by Gasteiger charge is 2.32. The van der Waals surface area contributed by atoms with Gasteiger partial charge < -0.3 is 10.1 Å². The van der Waals surface area contributed by atoms with Crippen molar-refractivity contribution in [2.45, 2.75) is 64.5 Å². The van der Waals surface area contributed by atoms with Gasteiger partial charge in [-0.2, -0.15) is 4.99 Å². The Bertz CT molecular complexity index is 305. The third-order valence-electron chi connectivity index (χ3n) is 3.48. The van der Waals surface area contributed by atoms with Crippen LogP contribution in [0.15, 0.2) is 4.99 Å². The summed E-state index contributed by atoms with van der Waals surface area (Å²) < 4.78 is 5.57. The van der Waals surface area contributed by atoms with E-state index in [1.165, 1.54) is 25.7 Å². The molecule has 1 unspecified atom stereocenters. The van der Waals surface area contributed by atoms with Crippen molar-refractivity contribution in [1.82, 2.24) is 5.32 Å². The van der Waals surface area contributed by atoms with E-state index in [9.17, 15) is 4.79 Å². The van der Waals surface area contributed by atoms with Crippen molar-refractivity contribution < 1.29 is 9.53 Å². The van der Waals surface area contributed by atoms with Crippen LogP contribution in [0.5, 0.6) is 0 Å². The molecule has 4 heteroatoms. The molecule has 4 nitrogen and oxygen atoms in total. The summed E-state index contributed by atoms with van der Waals surface area (Å²) in [6, 6.07) is 0.871. The van der Waals surface area contributed by atoms with Gasteiger partial charge in [0.05, 0.1) is 0 Å². The van der Waals surface area contributed by atoms with Crippen LogP contribution in [-0.4, -0.2) is 24.1 Å². The molecular formula is C13H22N2O2. The number of nitrogens with zero attached hydrogens (tertiary/aromatic N) is 1. The molecule has 0 bridgehead atoms. The summed E-state index contributed by atoms with van der Waals surface area (Å²) in [5.74, 6) is 0.0378. The van der Waals surface area contributed by atoms with Crippen molar-refractivity contribution in [3.8, 4) is 0 Å². The minimum absolute atomic E-state index is 0.142. The van der Waals surface area contributed by atoms with Crippen LogP contribution in [-0.2, 0) is 9.53 Å². The van der Waals surface area contributed by atoms with Crippen molar-refractivity contribution in [2.75, 3.05) is 0 Å². The van der Waals surface area contributed by atoms with E-state index >= 15 is 0 Å². The van der Waals surface area contributed by atoms with Gasteiger partial charge in [-0.05, 0) is 18.8 Å². The lowest BCUT2D eigenvalue weighted by molar-refractivity contribution is -0.124. The molecule has 0 saturated heterocycles. The Morgan fingerprint density at radius 1 is 1.24 bits per heavy atom. The second kappa shape index (κ2) is 5.52. The van der Waals surface area contributed by atoms with Crippen LogP contribution in [0.4, 0.5) is 0 Å². The molecular weight excluding hydrogens is 216 g/mol. The predicted molar refractivity (Wildman–Crippen MR) is 66.8 cm³/mol. The Labute approximate surface area is 103 Å². The van der Waals surface area contributed by atoms with E-state index in [0.29, 0.717) is 12.1 Å². The van der Waals surface area contributed by atoms with Gasteiger partial charge in [0.2, 0.25) is 0 Å². The van der Waals surface area contributed by atoms with Crippen molar-refractivity contribution in [1.29, 1.82) is 0 Å². The molecule has 1 aliphatic heterocycles. The number of nitrogens with one attached hydrogen (secondary N) is 1. The van der Waals surface area contributed by atoms with Crippen LogP contribution in [0.3, 0.4) is 0 Å². The lowest BCUT2D eigenvalue weighted by Gasteiger charge is -2.18. The summed E-state index contributed by atoms with van der Waals surface area (Å²) in [5, 5.41) is 3.28. The SMILES string of the molecule is CC(C)C1OC(NC2CCCCCC2)=NC1=O. The highest BCUT2D eigenvalue weighted by molar-refractivity contribution is 5.98. The quantitative estimate of drug-likeness (QED) is 0.751. The van der Waals surface area contributed by atoms with Gasteiger partial charge in [0.1, 0.15) is 0 Å². The number of carbonyl (C=O) groups excluding carboxylic acids is 1. The molecule has 0 aromatic carbocycles. The van der Waals surface area contributed by atoms with Crippen molar-refractivity contribution >= 4 is 11.9 Å². The molecule has 0 aromatic heterocycles. The van der Waals surface area contributed by atoms with Crippen LogP contribution >= 0.6 is 0 Å². The Morgan fingerprint density at radius 3 is 2.41 bits per heavy atom. The normalized spacial score (nSPS) is 26.6. The van der Waals surface area contributed by atoms with E-state index in [2.05, 4.69) is 10.3 Å². The smallest absolute Gasteiger partial charge is 0.293 e. The first-order chi connectivity index (χ1) is 8.16. The molecule has 2 rings (SSSR count). The average Bonchev–Trinajstić information content (AvgIpc) is 2.50. The molecule has 0 aromatic rings. The molecule has 0 spiro atoms. The molecule has 17 heavy (non-hydrogen) atoms. The van der Waals surface area contributed by atoms with Crippen LogP contribution in [0, 0.1) is 5.92 Å². The Kier molecular flexibility index (Phi) is 4.02. The molecule has 96 valence electrons.